The Morgan fingerprint density at radius 1 is 1.21 bits per heavy atom. The van der Waals surface area contributed by atoms with Crippen LogP contribution < -0.4 is 9.47 Å². The first-order chi connectivity index (χ1) is 11.6. The number of ketones is 1. The summed E-state index contributed by atoms with van der Waals surface area (Å²) >= 11 is 0. The fourth-order valence-electron chi connectivity index (χ4n) is 2.34. The van der Waals surface area contributed by atoms with Crippen molar-refractivity contribution in [3.63, 3.8) is 0 Å². The number of nitriles is 1. The topological polar surface area (TPSA) is 59.3 Å². The predicted molar refractivity (Wildman–Crippen MR) is 93.3 cm³/mol. The minimum absolute atomic E-state index is 0.0805. The third kappa shape index (κ3) is 3.82. The molecule has 0 bridgehead atoms. The van der Waals surface area contributed by atoms with Gasteiger partial charge in [-0.2, -0.15) is 5.26 Å². The van der Waals surface area contributed by atoms with Crippen LogP contribution in [0.3, 0.4) is 0 Å². The maximum absolute atomic E-state index is 12.6. The highest BCUT2D eigenvalue weighted by Gasteiger charge is 2.14. The Labute approximate surface area is 141 Å². The summed E-state index contributed by atoms with van der Waals surface area (Å²) in [7, 11) is 1.57. The van der Waals surface area contributed by atoms with Crippen LogP contribution in [0.1, 0.15) is 28.4 Å². The molecular formula is C20H19NO3. The Kier molecular flexibility index (Phi) is 5.75. The third-order valence-corrected chi connectivity index (χ3v) is 3.55. The van der Waals surface area contributed by atoms with Gasteiger partial charge in [0.25, 0.3) is 0 Å². The average Bonchev–Trinajstić information content (AvgIpc) is 2.60. The maximum Gasteiger partial charge on any atom is 0.203 e. The zero-order valence-electron chi connectivity index (χ0n) is 14.0. The van der Waals surface area contributed by atoms with Gasteiger partial charge in [0.05, 0.1) is 13.7 Å². The molecule has 0 amide bonds. The first kappa shape index (κ1) is 17.3. The quantitative estimate of drug-likeness (QED) is 0.455. The van der Waals surface area contributed by atoms with Crippen LogP contribution in [-0.2, 0) is 0 Å². The molecule has 0 heterocycles. The molecule has 0 fully saturated rings. The van der Waals surface area contributed by atoms with E-state index in [1.165, 1.54) is 0 Å². The van der Waals surface area contributed by atoms with E-state index in [2.05, 4.69) is 0 Å². The number of hydrogen-bond acceptors (Lipinski definition) is 4. The standard InChI is InChI=1S/C20H19NO3/c1-4-24-19-12-15(9-10-18(19)23-3)11-16(13-21)20(22)17-8-6-5-7-14(17)2/h5-12H,4H2,1-3H3/b16-11+. The summed E-state index contributed by atoms with van der Waals surface area (Å²) in [5.41, 5.74) is 2.16. The van der Waals surface area contributed by atoms with E-state index in [1.807, 2.05) is 32.0 Å². The lowest BCUT2D eigenvalue weighted by Crippen LogP contribution is -2.04. The van der Waals surface area contributed by atoms with Gasteiger partial charge in [-0.25, -0.2) is 0 Å². The van der Waals surface area contributed by atoms with Crippen LogP contribution >= 0.6 is 0 Å². The molecule has 0 spiro atoms. The Hall–Kier alpha value is -3.06. The summed E-state index contributed by atoms with van der Waals surface area (Å²) in [6.45, 7) is 4.23. The second-order valence-electron chi connectivity index (χ2n) is 5.16. The number of benzene rings is 2. The lowest BCUT2D eigenvalue weighted by atomic mass is 9.98. The van der Waals surface area contributed by atoms with E-state index in [0.717, 1.165) is 5.56 Å². The lowest BCUT2D eigenvalue weighted by Gasteiger charge is -2.10. The molecule has 0 aromatic heterocycles. The summed E-state index contributed by atoms with van der Waals surface area (Å²) in [6.07, 6.45) is 1.57. The minimum atomic E-state index is -0.288. The second-order valence-corrected chi connectivity index (χ2v) is 5.16. The van der Waals surface area contributed by atoms with Crippen LogP contribution in [0, 0.1) is 18.3 Å². The van der Waals surface area contributed by atoms with Crippen molar-refractivity contribution < 1.29 is 14.3 Å². The van der Waals surface area contributed by atoms with E-state index in [0.29, 0.717) is 29.2 Å². The maximum atomic E-state index is 12.6. The van der Waals surface area contributed by atoms with Gasteiger partial charge < -0.3 is 9.47 Å². The minimum Gasteiger partial charge on any atom is -0.493 e. The number of rotatable bonds is 6. The van der Waals surface area contributed by atoms with Crippen LogP contribution in [0.5, 0.6) is 11.5 Å². The normalized spacial score (nSPS) is 10.8. The SMILES string of the molecule is CCOc1cc(/C=C(\C#N)C(=O)c2ccccc2C)ccc1OC. The van der Waals surface area contributed by atoms with E-state index in [9.17, 15) is 10.1 Å². The first-order valence-corrected chi connectivity index (χ1v) is 7.63. The molecule has 0 aliphatic rings. The van der Waals surface area contributed by atoms with Crippen LogP contribution in [0.15, 0.2) is 48.0 Å². The molecule has 0 aliphatic heterocycles. The van der Waals surface area contributed by atoms with Crippen molar-refractivity contribution in [2.45, 2.75) is 13.8 Å². The predicted octanol–water partition coefficient (Wildman–Crippen LogP) is 4.19. The molecule has 0 aliphatic carbocycles. The molecule has 0 saturated carbocycles. The van der Waals surface area contributed by atoms with Crippen molar-refractivity contribution in [1.29, 1.82) is 5.26 Å². The highest BCUT2D eigenvalue weighted by molar-refractivity contribution is 6.14. The largest absolute Gasteiger partial charge is 0.493 e. The molecule has 2 aromatic carbocycles. The Balaban J connectivity index is 2.41. The number of aryl methyl sites for hydroxylation is 1. The highest BCUT2D eigenvalue weighted by atomic mass is 16.5. The van der Waals surface area contributed by atoms with Gasteiger partial charge in [0.1, 0.15) is 11.6 Å². The molecule has 0 unspecified atom stereocenters. The van der Waals surface area contributed by atoms with Gasteiger partial charge in [-0.3, -0.25) is 4.79 Å². The van der Waals surface area contributed by atoms with Crippen LogP contribution in [-0.4, -0.2) is 19.5 Å². The number of Topliss-reactive ketones (excluding diaryl/α,β-unsaturated/α-hetero) is 1. The van der Waals surface area contributed by atoms with Crippen molar-refractivity contribution in [3.8, 4) is 17.6 Å². The molecule has 0 radical (unpaired) electrons. The van der Waals surface area contributed by atoms with Crippen LogP contribution in [0.2, 0.25) is 0 Å². The van der Waals surface area contributed by atoms with Gasteiger partial charge in [-0.1, -0.05) is 30.3 Å². The first-order valence-electron chi connectivity index (χ1n) is 7.63. The zero-order valence-corrected chi connectivity index (χ0v) is 14.0. The third-order valence-electron chi connectivity index (χ3n) is 3.55. The Morgan fingerprint density at radius 2 is 1.96 bits per heavy atom. The van der Waals surface area contributed by atoms with Crippen molar-refractivity contribution in [3.05, 3.63) is 64.7 Å². The fourth-order valence-corrected chi connectivity index (χ4v) is 2.34. The lowest BCUT2D eigenvalue weighted by molar-refractivity contribution is 0.103. The van der Waals surface area contributed by atoms with Gasteiger partial charge in [0.2, 0.25) is 5.78 Å². The van der Waals surface area contributed by atoms with E-state index >= 15 is 0 Å². The summed E-state index contributed by atoms with van der Waals surface area (Å²) in [4.78, 5) is 12.6. The number of hydrogen-bond donors (Lipinski definition) is 0. The highest BCUT2D eigenvalue weighted by Crippen LogP contribution is 2.29. The van der Waals surface area contributed by atoms with Crippen LogP contribution in [0.25, 0.3) is 6.08 Å². The van der Waals surface area contributed by atoms with Crippen molar-refractivity contribution in [2.24, 2.45) is 0 Å². The number of carbonyl (C=O) groups is 1. The van der Waals surface area contributed by atoms with Gasteiger partial charge in [-0.15, -0.1) is 0 Å². The molecule has 0 atom stereocenters. The number of ether oxygens (including phenoxy) is 2. The summed E-state index contributed by atoms with van der Waals surface area (Å²) < 4.78 is 10.8. The number of carbonyl (C=O) groups excluding carboxylic acids is 1. The van der Waals surface area contributed by atoms with Gasteiger partial charge in [-0.05, 0) is 43.2 Å². The van der Waals surface area contributed by atoms with E-state index in [1.54, 1.807) is 43.5 Å². The van der Waals surface area contributed by atoms with Gasteiger partial charge in [0.15, 0.2) is 11.5 Å². The van der Waals surface area contributed by atoms with Crippen LogP contribution in [0.4, 0.5) is 0 Å². The summed E-state index contributed by atoms with van der Waals surface area (Å²) in [5.74, 6) is 0.900. The summed E-state index contributed by atoms with van der Waals surface area (Å²) in [6, 6.07) is 14.5. The molecule has 2 aromatic rings. The molecule has 0 N–H and O–H groups in total. The smallest absolute Gasteiger partial charge is 0.203 e. The molecule has 122 valence electrons. The second kappa shape index (κ2) is 7.98. The van der Waals surface area contributed by atoms with Gasteiger partial charge in [0, 0.05) is 5.56 Å². The zero-order chi connectivity index (χ0) is 17.5. The fraction of sp³-hybridized carbons (Fsp3) is 0.200. The molecule has 2 rings (SSSR count). The van der Waals surface area contributed by atoms with E-state index in [4.69, 9.17) is 9.47 Å². The molecular weight excluding hydrogens is 302 g/mol. The monoisotopic (exact) mass is 321 g/mol. The summed E-state index contributed by atoms with van der Waals surface area (Å²) in [5, 5.41) is 9.39. The molecule has 4 heteroatoms. The van der Waals surface area contributed by atoms with Gasteiger partial charge >= 0.3 is 0 Å². The average molecular weight is 321 g/mol. The molecule has 24 heavy (non-hydrogen) atoms. The Morgan fingerprint density at radius 3 is 2.58 bits per heavy atom. The number of nitrogens with zero attached hydrogens (tertiary/aromatic N) is 1. The molecule has 0 saturated heterocycles. The van der Waals surface area contributed by atoms with Crippen molar-refractivity contribution in [2.75, 3.05) is 13.7 Å². The van der Waals surface area contributed by atoms with Crippen molar-refractivity contribution >= 4 is 11.9 Å². The van der Waals surface area contributed by atoms with E-state index < -0.39 is 0 Å². The van der Waals surface area contributed by atoms with E-state index in [-0.39, 0.29) is 11.4 Å². The number of methoxy groups -OCH3 is 1. The van der Waals surface area contributed by atoms with Crippen molar-refractivity contribution in [1.82, 2.24) is 0 Å². The Bertz CT molecular complexity index is 816. The molecule has 4 nitrogen and oxygen atoms in total. The number of allylic oxidation sites excluding steroid dienone is 1.